The fourth-order valence-corrected chi connectivity index (χ4v) is 2.76. The van der Waals surface area contributed by atoms with Crippen LogP contribution >= 0.6 is 0 Å². The van der Waals surface area contributed by atoms with Crippen LogP contribution in [0, 0.1) is 5.82 Å². The summed E-state index contributed by atoms with van der Waals surface area (Å²) in [7, 11) is 1.54. The molecule has 0 spiro atoms. The van der Waals surface area contributed by atoms with Crippen LogP contribution < -0.4 is 10.2 Å². The van der Waals surface area contributed by atoms with E-state index in [-0.39, 0.29) is 18.2 Å². The molecule has 2 heterocycles. The molecule has 9 heteroatoms. The molecule has 0 radical (unpaired) electrons. The van der Waals surface area contributed by atoms with E-state index in [1.807, 2.05) is 0 Å². The number of ether oxygens (including phenoxy) is 1. The third-order valence-electron chi connectivity index (χ3n) is 4.03. The van der Waals surface area contributed by atoms with Crippen molar-refractivity contribution in [3.05, 3.63) is 47.5 Å². The highest BCUT2D eigenvalue weighted by molar-refractivity contribution is 5.52. The first-order valence-corrected chi connectivity index (χ1v) is 7.61. The standard InChI is InChI=1S/C16H16F4N4O/c1-21-14-13(17)15(23-9-22-14)24-6-7-25-8-12(24)10-2-4-11(5-3-10)16(18,19)20/h2-5,9,12H,6-8H2,1H3,(H,21,22,23). The maximum atomic E-state index is 14.5. The van der Waals surface area contributed by atoms with Gasteiger partial charge in [0.2, 0.25) is 5.82 Å². The zero-order chi connectivity index (χ0) is 18.0. The topological polar surface area (TPSA) is 50.3 Å². The van der Waals surface area contributed by atoms with Crippen LogP contribution in [0.2, 0.25) is 0 Å². The van der Waals surface area contributed by atoms with E-state index in [1.165, 1.54) is 18.5 Å². The SMILES string of the molecule is CNc1ncnc(N2CCOCC2c2ccc(C(F)(F)F)cc2)c1F. The number of alkyl halides is 3. The van der Waals surface area contributed by atoms with Crippen LogP contribution in [0.4, 0.5) is 29.2 Å². The first-order chi connectivity index (χ1) is 11.9. The Morgan fingerprint density at radius 3 is 2.56 bits per heavy atom. The molecule has 0 saturated carbocycles. The van der Waals surface area contributed by atoms with Gasteiger partial charge in [-0.3, -0.25) is 0 Å². The Hall–Kier alpha value is -2.42. The lowest BCUT2D eigenvalue weighted by Gasteiger charge is -2.37. The molecule has 1 aliphatic rings. The zero-order valence-corrected chi connectivity index (χ0v) is 13.3. The maximum absolute atomic E-state index is 14.5. The summed E-state index contributed by atoms with van der Waals surface area (Å²) in [6.45, 7) is 0.960. The molecule has 0 bridgehead atoms. The van der Waals surface area contributed by atoms with E-state index in [0.29, 0.717) is 18.7 Å². The number of aromatic nitrogens is 2. The number of morpholine rings is 1. The van der Waals surface area contributed by atoms with Crippen LogP contribution in [0.5, 0.6) is 0 Å². The van der Waals surface area contributed by atoms with Gasteiger partial charge in [0, 0.05) is 13.6 Å². The molecule has 1 fully saturated rings. The number of halogens is 4. The number of benzene rings is 1. The summed E-state index contributed by atoms with van der Waals surface area (Å²) in [6.07, 6.45) is -3.16. The summed E-state index contributed by atoms with van der Waals surface area (Å²) in [4.78, 5) is 9.50. The molecule has 0 aliphatic carbocycles. The van der Waals surface area contributed by atoms with Gasteiger partial charge in [0.1, 0.15) is 6.33 Å². The highest BCUT2D eigenvalue weighted by atomic mass is 19.4. The van der Waals surface area contributed by atoms with Gasteiger partial charge in [-0.1, -0.05) is 12.1 Å². The number of nitrogens with one attached hydrogen (secondary N) is 1. The first kappa shape index (κ1) is 17.4. The molecule has 1 aromatic heterocycles. The van der Waals surface area contributed by atoms with Crippen LogP contribution in [-0.4, -0.2) is 36.8 Å². The molecule has 1 unspecified atom stereocenters. The highest BCUT2D eigenvalue weighted by Gasteiger charge is 2.32. The van der Waals surface area contributed by atoms with Crippen molar-refractivity contribution in [3.8, 4) is 0 Å². The fraction of sp³-hybridized carbons (Fsp3) is 0.375. The smallest absolute Gasteiger partial charge is 0.377 e. The summed E-state index contributed by atoms with van der Waals surface area (Å²) < 4.78 is 58.2. The van der Waals surface area contributed by atoms with Gasteiger partial charge in [-0.15, -0.1) is 0 Å². The summed E-state index contributed by atoms with van der Waals surface area (Å²) in [5.41, 5.74) is -0.137. The Balaban J connectivity index is 1.94. The largest absolute Gasteiger partial charge is 0.416 e. The molecular weight excluding hydrogens is 340 g/mol. The Bertz CT molecular complexity index is 736. The van der Waals surface area contributed by atoms with Crippen molar-refractivity contribution in [2.24, 2.45) is 0 Å². The van der Waals surface area contributed by atoms with Gasteiger partial charge in [0.05, 0.1) is 24.8 Å². The average molecular weight is 356 g/mol. The van der Waals surface area contributed by atoms with Gasteiger partial charge in [0.15, 0.2) is 11.6 Å². The number of hydrogen-bond acceptors (Lipinski definition) is 5. The van der Waals surface area contributed by atoms with Crippen LogP contribution in [0.25, 0.3) is 0 Å². The molecule has 134 valence electrons. The Morgan fingerprint density at radius 1 is 1.20 bits per heavy atom. The van der Waals surface area contributed by atoms with Gasteiger partial charge in [-0.05, 0) is 17.7 Å². The monoisotopic (exact) mass is 356 g/mol. The molecular formula is C16H16F4N4O. The van der Waals surface area contributed by atoms with Crippen molar-refractivity contribution < 1.29 is 22.3 Å². The Morgan fingerprint density at radius 2 is 1.92 bits per heavy atom. The number of hydrogen-bond donors (Lipinski definition) is 1. The lowest BCUT2D eigenvalue weighted by molar-refractivity contribution is -0.137. The summed E-state index contributed by atoms with van der Waals surface area (Å²) >= 11 is 0. The van der Waals surface area contributed by atoms with Gasteiger partial charge in [0.25, 0.3) is 0 Å². The quantitative estimate of drug-likeness (QED) is 0.856. The van der Waals surface area contributed by atoms with Crippen molar-refractivity contribution in [1.29, 1.82) is 0 Å². The third kappa shape index (κ3) is 3.51. The van der Waals surface area contributed by atoms with Crippen LogP contribution in [0.1, 0.15) is 17.2 Å². The molecule has 25 heavy (non-hydrogen) atoms. The number of rotatable bonds is 3. The average Bonchev–Trinajstić information content (AvgIpc) is 2.61. The second-order valence-corrected chi connectivity index (χ2v) is 5.51. The Kier molecular flexibility index (Phi) is 4.76. The molecule has 1 N–H and O–H groups in total. The van der Waals surface area contributed by atoms with E-state index in [4.69, 9.17) is 4.74 Å². The number of anilines is 2. The van der Waals surface area contributed by atoms with Crippen molar-refractivity contribution in [2.45, 2.75) is 12.2 Å². The molecule has 1 aliphatic heterocycles. The van der Waals surface area contributed by atoms with E-state index in [1.54, 1.807) is 11.9 Å². The molecule has 1 aromatic carbocycles. The Labute approximate surface area is 141 Å². The van der Waals surface area contributed by atoms with E-state index >= 15 is 0 Å². The minimum absolute atomic E-state index is 0.0580. The van der Waals surface area contributed by atoms with E-state index < -0.39 is 23.6 Å². The van der Waals surface area contributed by atoms with E-state index in [2.05, 4.69) is 15.3 Å². The maximum Gasteiger partial charge on any atom is 0.416 e. The minimum Gasteiger partial charge on any atom is -0.377 e. The van der Waals surface area contributed by atoms with Crippen molar-refractivity contribution in [2.75, 3.05) is 37.0 Å². The van der Waals surface area contributed by atoms with Gasteiger partial charge < -0.3 is 15.0 Å². The zero-order valence-electron chi connectivity index (χ0n) is 13.3. The molecule has 2 aromatic rings. The summed E-state index contributed by atoms with van der Waals surface area (Å²) in [5, 5.41) is 2.64. The molecule has 5 nitrogen and oxygen atoms in total. The van der Waals surface area contributed by atoms with Gasteiger partial charge >= 0.3 is 6.18 Å². The van der Waals surface area contributed by atoms with Crippen molar-refractivity contribution >= 4 is 11.6 Å². The first-order valence-electron chi connectivity index (χ1n) is 7.61. The second kappa shape index (κ2) is 6.83. The van der Waals surface area contributed by atoms with Crippen molar-refractivity contribution in [1.82, 2.24) is 9.97 Å². The van der Waals surface area contributed by atoms with E-state index in [9.17, 15) is 17.6 Å². The summed E-state index contributed by atoms with van der Waals surface area (Å²) in [5.74, 6) is -0.459. The normalized spacial score (nSPS) is 18.3. The van der Waals surface area contributed by atoms with Crippen molar-refractivity contribution in [3.63, 3.8) is 0 Å². The van der Waals surface area contributed by atoms with Gasteiger partial charge in [-0.25, -0.2) is 9.97 Å². The second-order valence-electron chi connectivity index (χ2n) is 5.51. The van der Waals surface area contributed by atoms with Gasteiger partial charge in [-0.2, -0.15) is 17.6 Å². The molecule has 3 rings (SSSR count). The van der Waals surface area contributed by atoms with Crippen LogP contribution in [-0.2, 0) is 10.9 Å². The molecule has 0 amide bonds. The van der Waals surface area contributed by atoms with E-state index in [0.717, 1.165) is 12.1 Å². The predicted octanol–water partition coefficient (Wildman–Crippen LogP) is 3.25. The fourth-order valence-electron chi connectivity index (χ4n) is 2.76. The lowest BCUT2D eigenvalue weighted by Crippen LogP contribution is -2.40. The third-order valence-corrected chi connectivity index (χ3v) is 4.03. The minimum atomic E-state index is -4.40. The lowest BCUT2D eigenvalue weighted by atomic mass is 10.0. The predicted molar refractivity (Wildman–Crippen MR) is 83.9 cm³/mol. The summed E-state index contributed by atoms with van der Waals surface area (Å²) in [6, 6.07) is 4.35. The molecule has 1 atom stereocenters. The highest BCUT2D eigenvalue weighted by Crippen LogP contribution is 2.34. The van der Waals surface area contributed by atoms with Crippen LogP contribution in [0.15, 0.2) is 30.6 Å². The number of nitrogens with zero attached hydrogens (tertiary/aromatic N) is 3. The van der Waals surface area contributed by atoms with Crippen LogP contribution in [0.3, 0.4) is 0 Å². The molecule has 1 saturated heterocycles.